The van der Waals surface area contributed by atoms with Crippen molar-refractivity contribution in [2.45, 2.75) is 38.0 Å². The molecular weight excluding hydrogens is 277 g/mol. The van der Waals surface area contributed by atoms with E-state index in [2.05, 4.69) is 5.32 Å². The molecular formula is C19H20FNO. The first-order chi connectivity index (χ1) is 10.6. The maximum atomic E-state index is 13.2. The molecule has 0 unspecified atom stereocenters. The molecule has 1 aliphatic rings. The van der Waals surface area contributed by atoms with E-state index in [-0.39, 0.29) is 11.7 Å². The molecule has 0 bridgehead atoms. The van der Waals surface area contributed by atoms with Gasteiger partial charge in [-0.1, -0.05) is 42.7 Å². The quantitative estimate of drug-likeness (QED) is 0.882. The van der Waals surface area contributed by atoms with Crippen molar-refractivity contribution >= 4 is 11.6 Å². The Labute approximate surface area is 130 Å². The van der Waals surface area contributed by atoms with Crippen LogP contribution in [0.2, 0.25) is 0 Å². The van der Waals surface area contributed by atoms with Gasteiger partial charge in [0.05, 0.1) is 5.41 Å². The molecule has 0 aromatic heterocycles. The summed E-state index contributed by atoms with van der Waals surface area (Å²) in [5.41, 5.74) is 2.35. The van der Waals surface area contributed by atoms with E-state index in [0.717, 1.165) is 42.5 Å². The molecule has 1 amide bonds. The van der Waals surface area contributed by atoms with Gasteiger partial charge in [-0.15, -0.1) is 0 Å². The van der Waals surface area contributed by atoms with E-state index >= 15 is 0 Å². The molecule has 1 aliphatic carbocycles. The van der Waals surface area contributed by atoms with E-state index in [0.29, 0.717) is 0 Å². The summed E-state index contributed by atoms with van der Waals surface area (Å²) in [5.74, 6) is -0.253. The van der Waals surface area contributed by atoms with Crippen molar-refractivity contribution in [2.75, 3.05) is 5.32 Å². The van der Waals surface area contributed by atoms with Crippen LogP contribution in [0.3, 0.4) is 0 Å². The minimum atomic E-state index is -0.529. The fraction of sp³-hybridized carbons (Fsp3) is 0.316. The van der Waals surface area contributed by atoms with Crippen LogP contribution in [0.15, 0.2) is 48.5 Å². The van der Waals surface area contributed by atoms with Crippen LogP contribution in [-0.2, 0) is 10.2 Å². The number of rotatable bonds is 3. The molecule has 2 aromatic carbocycles. The molecule has 0 atom stereocenters. The predicted octanol–water partition coefficient (Wildman–Crippen LogP) is 4.58. The van der Waals surface area contributed by atoms with Crippen molar-refractivity contribution in [3.8, 4) is 0 Å². The van der Waals surface area contributed by atoms with E-state index in [1.54, 1.807) is 12.1 Å². The zero-order chi connectivity index (χ0) is 15.6. The number of benzene rings is 2. The van der Waals surface area contributed by atoms with Gasteiger partial charge in [0.2, 0.25) is 5.91 Å². The summed E-state index contributed by atoms with van der Waals surface area (Å²) in [6.07, 6.45) is 3.68. The topological polar surface area (TPSA) is 29.1 Å². The van der Waals surface area contributed by atoms with Gasteiger partial charge in [-0.2, -0.15) is 0 Å². The molecule has 0 saturated heterocycles. The van der Waals surface area contributed by atoms with Crippen LogP contribution in [0.25, 0.3) is 0 Å². The Bertz CT molecular complexity index is 655. The lowest BCUT2D eigenvalue weighted by Crippen LogP contribution is -2.38. The first-order valence-electron chi connectivity index (χ1n) is 7.74. The van der Waals surface area contributed by atoms with Crippen LogP contribution in [0.4, 0.5) is 10.1 Å². The lowest BCUT2D eigenvalue weighted by atomic mass is 9.78. The fourth-order valence-electron chi connectivity index (χ4n) is 3.28. The van der Waals surface area contributed by atoms with E-state index in [9.17, 15) is 9.18 Å². The third kappa shape index (κ3) is 2.76. The number of halogens is 1. The number of hydrogen-bond donors (Lipinski definition) is 1. The van der Waals surface area contributed by atoms with Crippen molar-refractivity contribution in [1.82, 2.24) is 0 Å². The average molecular weight is 297 g/mol. The van der Waals surface area contributed by atoms with E-state index in [4.69, 9.17) is 0 Å². The summed E-state index contributed by atoms with van der Waals surface area (Å²) in [4.78, 5) is 12.9. The third-order valence-electron chi connectivity index (χ3n) is 4.60. The lowest BCUT2D eigenvalue weighted by molar-refractivity contribution is -0.121. The van der Waals surface area contributed by atoms with Gasteiger partial charge in [-0.3, -0.25) is 4.79 Å². The van der Waals surface area contributed by atoms with E-state index in [1.165, 1.54) is 12.1 Å². The highest BCUT2D eigenvalue weighted by Gasteiger charge is 2.42. The highest BCUT2D eigenvalue weighted by atomic mass is 19.1. The van der Waals surface area contributed by atoms with Gasteiger partial charge in [0, 0.05) is 5.69 Å². The first kappa shape index (κ1) is 14.8. The van der Waals surface area contributed by atoms with Crippen LogP contribution >= 0.6 is 0 Å². The van der Waals surface area contributed by atoms with Crippen LogP contribution in [0, 0.1) is 12.7 Å². The molecule has 0 spiro atoms. The molecule has 2 nitrogen and oxygen atoms in total. The summed E-state index contributed by atoms with van der Waals surface area (Å²) in [6.45, 7) is 2.02. The number of hydrogen-bond acceptors (Lipinski definition) is 1. The first-order valence-corrected chi connectivity index (χ1v) is 7.74. The Hall–Kier alpha value is -2.16. The summed E-state index contributed by atoms with van der Waals surface area (Å²) < 4.78 is 13.2. The van der Waals surface area contributed by atoms with E-state index < -0.39 is 5.41 Å². The highest BCUT2D eigenvalue weighted by Crippen LogP contribution is 2.42. The third-order valence-corrected chi connectivity index (χ3v) is 4.60. The van der Waals surface area contributed by atoms with Crippen LogP contribution < -0.4 is 5.32 Å². The van der Waals surface area contributed by atoms with E-state index in [1.807, 2.05) is 31.2 Å². The van der Waals surface area contributed by atoms with Crippen molar-refractivity contribution in [2.24, 2.45) is 0 Å². The highest BCUT2D eigenvalue weighted by molar-refractivity contribution is 5.99. The standard InChI is InChI=1S/C19H20FNO/c1-14-4-10-17(11-5-14)21-18(22)19(12-2-3-13-19)15-6-8-16(20)9-7-15/h4-11H,2-3,12-13H2,1H3,(H,21,22). The summed E-state index contributed by atoms with van der Waals surface area (Å²) in [5, 5.41) is 3.03. The second-order valence-electron chi connectivity index (χ2n) is 6.12. The van der Waals surface area contributed by atoms with Crippen LogP contribution in [0.5, 0.6) is 0 Å². The fourth-order valence-corrected chi connectivity index (χ4v) is 3.28. The van der Waals surface area contributed by atoms with Gasteiger partial charge >= 0.3 is 0 Å². The molecule has 0 heterocycles. The Morgan fingerprint density at radius 2 is 1.59 bits per heavy atom. The van der Waals surface area contributed by atoms with Crippen molar-refractivity contribution < 1.29 is 9.18 Å². The Morgan fingerprint density at radius 1 is 1.00 bits per heavy atom. The molecule has 114 valence electrons. The predicted molar refractivity (Wildman–Crippen MR) is 86.4 cm³/mol. The number of aryl methyl sites for hydroxylation is 1. The van der Waals surface area contributed by atoms with Gasteiger partial charge in [-0.25, -0.2) is 4.39 Å². The Morgan fingerprint density at radius 3 is 2.18 bits per heavy atom. The minimum Gasteiger partial charge on any atom is -0.325 e. The number of carbonyl (C=O) groups excluding carboxylic acids is 1. The summed E-state index contributed by atoms with van der Waals surface area (Å²) >= 11 is 0. The molecule has 1 saturated carbocycles. The van der Waals surface area contributed by atoms with Gasteiger partial charge in [0.1, 0.15) is 5.82 Å². The molecule has 1 N–H and O–H groups in total. The normalized spacial score (nSPS) is 16.5. The van der Waals surface area contributed by atoms with Gasteiger partial charge in [0.15, 0.2) is 0 Å². The molecule has 2 aromatic rings. The number of carbonyl (C=O) groups is 1. The molecule has 22 heavy (non-hydrogen) atoms. The molecule has 0 radical (unpaired) electrons. The maximum absolute atomic E-state index is 13.2. The van der Waals surface area contributed by atoms with Crippen molar-refractivity contribution in [3.05, 3.63) is 65.5 Å². The molecule has 1 fully saturated rings. The van der Waals surface area contributed by atoms with Crippen LogP contribution in [-0.4, -0.2) is 5.91 Å². The van der Waals surface area contributed by atoms with Crippen molar-refractivity contribution in [3.63, 3.8) is 0 Å². The zero-order valence-electron chi connectivity index (χ0n) is 12.7. The SMILES string of the molecule is Cc1ccc(NC(=O)C2(c3ccc(F)cc3)CCCC2)cc1. The van der Waals surface area contributed by atoms with Gasteiger partial charge in [0.25, 0.3) is 0 Å². The number of amides is 1. The monoisotopic (exact) mass is 297 g/mol. The molecule has 3 rings (SSSR count). The average Bonchev–Trinajstić information content (AvgIpc) is 3.01. The number of nitrogens with one attached hydrogen (secondary N) is 1. The lowest BCUT2D eigenvalue weighted by Gasteiger charge is -2.28. The second-order valence-corrected chi connectivity index (χ2v) is 6.12. The Balaban J connectivity index is 1.88. The zero-order valence-corrected chi connectivity index (χ0v) is 12.7. The molecule has 0 aliphatic heterocycles. The summed E-state index contributed by atoms with van der Waals surface area (Å²) in [6, 6.07) is 14.2. The number of anilines is 1. The maximum Gasteiger partial charge on any atom is 0.235 e. The van der Waals surface area contributed by atoms with Gasteiger partial charge in [-0.05, 0) is 49.6 Å². The largest absolute Gasteiger partial charge is 0.325 e. The second kappa shape index (κ2) is 5.91. The smallest absolute Gasteiger partial charge is 0.235 e. The minimum absolute atomic E-state index is 0.0143. The Kier molecular flexibility index (Phi) is 3.97. The summed E-state index contributed by atoms with van der Waals surface area (Å²) in [7, 11) is 0. The van der Waals surface area contributed by atoms with Gasteiger partial charge < -0.3 is 5.32 Å². The van der Waals surface area contributed by atoms with Crippen molar-refractivity contribution in [1.29, 1.82) is 0 Å². The molecule has 3 heteroatoms. The van der Waals surface area contributed by atoms with Crippen LogP contribution in [0.1, 0.15) is 36.8 Å².